The summed E-state index contributed by atoms with van der Waals surface area (Å²) in [5, 5.41) is 3.89. The molecule has 0 aliphatic carbocycles. The molecule has 1 aliphatic heterocycles. The van der Waals surface area contributed by atoms with E-state index in [0.717, 1.165) is 46.3 Å². The molecule has 3 rings (SSSR count). The molecular weight excluding hydrogens is 320 g/mol. The van der Waals surface area contributed by atoms with E-state index in [1.807, 2.05) is 30.9 Å². The molecule has 1 aliphatic rings. The average molecular weight is 344 g/mol. The first-order chi connectivity index (χ1) is 11.5. The summed E-state index contributed by atoms with van der Waals surface area (Å²) in [4.78, 5) is 27.6. The molecule has 4 nitrogen and oxygen atoms in total. The summed E-state index contributed by atoms with van der Waals surface area (Å²) in [5.41, 5.74) is 1.09. The Hall–Kier alpha value is -1.88. The van der Waals surface area contributed by atoms with Crippen LogP contribution >= 0.6 is 11.3 Å². The van der Waals surface area contributed by atoms with Gasteiger partial charge in [-0.15, -0.1) is 11.3 Å². The molecule has 1 N–H and O–H groups in total. The third-order valence-corrected chi connectivity index (χ3v) is 5.94. The normalized spacial score (nSPS) is 17.7. The zero-order valence-corrected chi connectivity index (χ0v) is 15.3. The molecule has 5 heteroatoms. The fraction of sp³-hybridized carbons (Fsp3) is 0.474. The van der Waals surface area contributed by atoms with Gasteiger partial charge in [-0.1, -0.05) is 32.0 Å². The highest BCUT2D eigenvalue weighted by atomic mass is 32.1. The molecule has 0 saturated carbocycles. The van der Waals surface area contributed by atoms with Crippen molar-refractivity contribution in [1.82, 2.24) is 10.2 Å². The van der Waals surface area contributed by atoms with Gasteiger partial charge < -0.3 is 10.2 Å². The Morgan fingerprint density at radius 3 is 2.79 bits per heavy atom. The fourth-order valence-electron chi connectivity index (χ4n) is 3.50. The lowest BCUT2D eigenvalue weighted by Crippen LogP contribution is -2.39. The summed E-state index contributed by atoms with van der Waals surface area (Å²) < 4.78 is 1.13. The van der Waals surface area contributed by atoms with Gasteiger partial charge in [0, 0.05) is 30.3 Å². The van der Waals surface area contributed by atoms with E-state index in [4.69, 9.17) is 0 Å². The van der Waals surface area contributed by atoms with Crippen LogP contribution in [-0.4, -0.2) is 36.3 Å². The summed E-state index contributed by atoms with van der Waals surface area (Å²) >= 11 is 1.54. The van der Waals surface area contributed by atoms with Gasteiger partial charge in [-0.05, 0) is 36.3 Å². The largest absolute Gasteiger partial charge is 0.354 e. The van der Waals surface area contributed by atoms with Crippen molar-refractivity contribution in [1.29, 1.82) is 0 Å². The predicted octanol–water partition coefficient (Wildman–Crippen LogP) is 3.45. The molecule has 1 unspecified atom stereocenters. The molecule has 2 heterocycles. The van der Waals surface area contributed by atoms with Gasteiger partial charge in [0.2, 0.25) is 5.91 Å². The Balaban J connectivity index is 1.97. The van der Waals surface area contributed by atoms with E-state index in [1.54, 1.807) is 18.4 Å². The number of amides is 2. The Morgan fingerprint density at radius 2 is 2.08 bits per heavy atom. The summed E-state index contributed by atoms with van der Waals surface area (Å²) in [6, 6.07) is 8.35. The quantitative estimate of drug-likeness (QED) is 0.923. The molecule has 128 valence electrons. The minimum atomic E-state index is -0.0362. The second-order valence-corrected chi connectivity index (χ2v) is 7.72. The molecule has 1 saturated heterocycles. The van der Waals surface area contributed by atoms with Crippen LogP contribution in [0, 0.1) is 5.92 Å². The van der Waals surface area contributed by atoms with Crippen molar-refractivity contribution in [2.45, 2.75) is 39.2 Å². The zero-order chi connectivity index (χ0) is 17.3. The van der Waals surface area contributed by atoms with Crippen molar-refractivity contribution in [3.8, 4) is 0 Å². The lowest BCUT2D eigenvalue weighted by atomic mass is 9.99. The molecule has 0 bridgehead atoms. The van der Waals surface area contributed by atoms with Gasteiger partial charge in [0.15, 0.2) is 0 Å². The van der Waals surface area contributed by atoms with E-state index >= 15 is 0 Å². The Kier molecular flexibility index (Phi) is 4.90. The second kappa shape index (κ2) is 6.93. The van der Waals surface area contributed by atoms with Gasteiger partial charge in [-0.2, -0.15) is 0 Å². The van der Waals surface area contributed by atoms with E-state index in [0.29, 0.717) is 0 Å². The van der Waals surface area contributed by atoms with Gasteiger partial charge in [0.05, 0.1) is 4.88 Å². The SMILES string of the molecule is CNC(=O)c1sc2ccccc2c1CC1CCCN1C(=O)C(C)C. The van der Waals surface area contributed by atoms with E-state index < -0.39 is 0 Å². The van der Waals surface area contributed by atoms with E-state index in [-0.39, 0.29) is 23.8 Å². The topological polar surface area (TPSA) is 49.4 Å². The highest BCUT2D eigenvalue weighted by Crippen LogP contribution is 2.34. The van der Waals surface area contributed by atoms with Crippen LogP contribution in [0.25, 0.3) is 10.1 Å². The van der Waals surface area contributed by atoms with Crippen LogP contribution in [0.3, 0.4) is 0 Å². The summed E-state index contributed by atoms with van der Waals surface area (Å²) in [7, 11) is 1.67. The number of likely N-dealkylation sites (tertiary alicyclic amines) is 1. The Bertz CT molecular complexity index is 766. The van der Waals surface area contributed by atoms with Gasteiger partial charge in [-0.3, -0.25) is 9.59 Å². The van der Waals surface area contributed by atoms with Crippen molar-refractivity contribution < 1.29 is 9.59 Å². The molecular formula is C19H24N2O2S. The highest BCUT2D eigenvalue weighted by molar-refractivity contribution is 7.21. The maximum Gasteiger partial charge on any atom is 0.261 e. The van der Waals surface area contributed by atoms with E-state index in [9.17, 15) is 9.59 Å². The predicted molar refractivity (Wildman–Crippen MR) is 98.5 cm³/mol. The van der Waals surface area contributed by atoms with Crippen molar-refractivity contribution in [2.75, 3.05) is 13.6 Å². The molecule has 24 heavy (non-hydrogen) atoms. The number of nitrogens with zero attached hydrogens (tertiary/aromatic N) is 1. The number of fused-ring (bicyclic) bond motifs is 1. The molecule has 1 atom stereocenters. The molecule has 0 radical (unpaired) electrons. The number of carbonyl (C=O) groups is 2. The monoisotopic (exact) mass is 344 g/mol. The highest BCUT2D eigenvalue weighted by Gasteiger charge is 2.32. The van der Waals surface area contributed by atoms with Crippen LogP contribution in [0.4, 0.5) is 0 Å². The standard InChI is InChI=1S/C19H24N2O2S/c1-12(2)19(23)21-10-6-7-13(21)11-15-14-8-4-5-9-16(14)24-17(15)18(22)20-3/h4-5,8-9,12-13H,6-7,10-11H2,1-3H3,(H,20,22). The Morgan fingerprint density at radius 1 is 1.33 bits per heavy atom. The summed E-state index contributed by atoms with van der Waals surface area (Å²) in [5.74, 6) is 0.202. The number of thiophene rings is 1. The molecule has 2 amide bonds. The smallest absolute Gasteiger partial charge is 0.261 e. The number of hydrogen-bond acceptors (Lipinski definition) is 3. The first-order valence-corrected chi connectivity index (χ1v) is 9.37. The summed E-state index contributed by atoms with van der Waals surface area (Å²) in [6.07, 6.45) is 2.81. The zero-order valence-electron chi connectivity index (χ0n) is 14.5. The van der Waals surface area contributed by atoms with Gasteiger partial charge in [0.25, 0.3) is 5.91 Å². The van der Waals surface area contributed by atoms with Crippen molar-refractivity contribution in [3.05, 3.63) is 34.7 Å². The van der Waals surface area contributed by atoms with Crippen LogP contribution in [-0.2, 0) is 11.2 Å². The van der Waals surface area contributed by atoms with Crippen LogP contribution in [0.15, 0.2) is 24.3 Å². The number of benzene rings is 1. The van der Waals surface area contributed by atoms with Crippen molar-refractivity contribution >= 4 is 33.2 Å². The van der Waals surface area contributed by atoms with Gasteiger partial charge in [-0.25, -0.2) is 0 Å². The lowest BCUT2D eigenvalue weighted by Gasteiger charge is -2.26. The molecule has 0 spiro atoms. The minimum Gasteiger partial charge on any atom is -0.354 e. The maximum absolute atomic E-state index is 12.5. The molecule has 1 aromatic carbocycles. The van der Waals surface area contributed by atoms with Crippen LogP contribution in [0.5, 0.6) is 0 Å². The lowest BCUT2D eigenvalue weighted by molar-refractivity contribution is -0.135. The third-order valence-electron chi connectivity index (χ3n) is 4.73. The second-order valence-electron chi connectivity index (χ2n) is 6.67. The first-order valence-electron chi connectivity index (χ1n) is 8.56. The molecule has 1 fully saturated rings. The van der Waals surface area contributed by atoms with Crippen LogP contribution in [0.2, 0.25) is 0 Å². The maximum atomic E-state index is 12.5. The van der Waals surface area contributed by atoms with E-state index in [1.165, 1.54) is 0 Å². The number of rotatable bonds is 4. The summed E-state index contributed by atoms with van der Waals surface area (Å²) in [6.45, 7) is 4.74. The third kappa shape index (κ3) is 3.05. The molecule has 2 aromatic rings. The van der Waals surface area contributed by atoms with Crippen molar-refractivity contribution in [2.24, 2.45) is 5.92 Å². The number of hydrogen-bond donors (Lipinski definition) is 1. The Labute approximate surface area is 146 Å². The number of nitrogens with one attached hydrogen (secondary N) is 1. The first kappa shape index (κ1) is 17.0. The van der Waals surface area contributed by atoms with Gasteiger partial charge in [0.1, 0.15) is 0 Å². The van der Waals surface area contributed by atoms with E-state index in [2.05, 4.69) is 17.4 Å². The van der Waals surface area contributed by atoms with Crippen molar-refractivity contribution in [3.63, 3.8) is 0 Å². The average Bonchev–Trinajstić information content (AvgIpc) is 3.19. The van der Waals surface area contributed by atoms with Gasteiger partial charge >= 0.3 is 0 Å². The number of carbonyl (C=O) groups excluding carboxylic acids is 2. The molecule has 1 aromatic heterocycles. The minimum absolute atomic E-state index is 0.0169. The van der Waals surface area contributed by atoms with Crippen LogP contribution < -0.4 is 5.32 Å². The van der Waals surface area contributed by atoms with Crippen LogP contribution in [0.1, 0.15) is 41.9 Å². The fourth-order valence-corrected chi connectivity index (χ4v) is 4.68.